The number of aromatic nitrogens is 2. The molecule has 1 aromatic carbocycles. The van der Waals surface area contributed by atoms with Crippen LogP contribution in [0.25, 0.3) is 11.0 Å². The van der Waals surface area contributed by atoms with Crippen molar-refractivity contribution in [3.63, 3.8) is 0 Å². The van der Waals surface area contributed by atoms with Crippen LogP contribution in [0, 0.1) is 12.3 Å². The number of likely N-dealkylation sites (tertiary alicyclic amines) is 1. The van der Waals surface area contributed by atoms with Crippen molar-refractivity contribution in [2.75, 3.05) is 45.9 Å². The largest absolute Gasteiger partial charge is 0.379 e. The molecule has 2 aliphatic rings. The molecule has 1 aromatic heterocycles. The summed E-state index contributed by atoms with van der Waals surface area (Å²) in [6.45, 7) is 14.3. The van der Waals surface area contributed by atoms with Gasteiger partial charge in [-0.15, -0.1) is 0 Å². The minimum Gasteiger partial charge on any atom is -0.379 e. The molecule has 2 aromatic rings. The second-order valence-electron chi connectivity index (χ2n) is 8.82. The summed E-state index contributed by atoms with van der Waals surface area (Å²) in [5.41, 5.74) is 3.80. The van der Waals surface area contributed by atoms with Crippen LogP contribution in [-0.4, -0.2) is 65.7 Å². The predicted molar refractivity (Wildman–Crippen MR) is 105 cm³/mol. The third kappa shape index (κ3) is 3.95. The molecule has 1 atom stereocenters. The fraction of sp³-hybridized carbons (Fsp3) is 0.667. The van der Waals surface area contributed by atoms with Gasteiger partial charge in [-0.3, -0.25) is 9.80 Å². The zero-order valence-electron chi connectivity index (χ0n) is 16.4. The standard InChI is InChI=1S/C21H32N4O/c1-16-6-7-17-18(13-16)23-20(22-17)19-5-4-8-25(19)15-21(2,3)14-24-9-11-26-12-10-24/h6-7,13,19H,4-5,8-12,14-15H2,1-3H3,(H,22,23)/t19-/m1/s1. The Kier molecular flexibility index (Phi) is 5.04. The molecule has 0 unspecified atom stereocenters. The zero-order chi connectivity index (χ0) is 18.1. The summed E-state index contributed by atoms with van der Waals surface area (Å²) in [5.74, 6) is 1.14. The number of ether oxygens (including phenoxy) is 1. The third-order valence-corrected chi connectivity index (χ3v) is 5.72. The number of fused-ring (bicyclic) bond motifs is 1. The molecule has 0 saturated carbocycles. The Morgan fingerprint density at radius 1 is 1.19 bits per heavy atom. The van der Waals surface area contributed by atoms with E-state index < -0.39 is 0 Å². The molecule has 4 rings (SSSR count). The van der Waals surface area contributed by atoms with Gasteiger partial charge in [0.2, 0.25) is 0 Å². The minimum absolute atomic E-state index is 0.266. The van der Waals surface area contributed by atoms with E-state index in [-0.39, 0.29) is 5.41 Å². The van der Waals surface area contributed by atoms with Gasteiger partial charge in [0.1, 0.15) is 5.82 Å². The van der Waals surface area contributed by atoms with Gasteiger partial charge < -0.3 is 9.72 Å². The number of aryl methyl sites for hydroxylation is 1. The van der Waals surface area contributed by atoms with Gasteiger partial charge in [0.25, 0.3) is 0 Å². The van der Waals surface area contributed by atoms with Gasteiger partial charge in [-0.05, 0) is 49.4 Å². The molecule has 0 amide bonds. The first-order chi connectivity index (χ1) is 12.5. The first-order valence-electron chi connectivity index (χ1n) is 10.0. The van der Waals surface area contributed by atoms with Crippen molar-refractivity contribution in [2.24, 2.45) is 5.41 Å². The van der Waals surface area contributed by atoms with Gasteiger partial charge in [-0.25, -0.2) is 4.98 Å². The van der Waals surface area contributed by atoms with E-state index in [0.717, 1.165) is 50.7 Å². The second kappa shape index (κ2) is 7.29. The number of H-pyrrole nitrogens is 1. The maximum Gasteiger partial charge on any atom is 0.124 e. The summed E-state index contributed by atoms with van der Waals surface area (Å²) < 4.78 is 5.50. The average Bonchev–Trinajstić information content (AvgIpc) is 3.20. The molecule has 3 heterocycles. The molecule has 2 saturated heterocycles. The van der Waals surface area contributed by atoms with Crippen LogP contribution in [0.3, 0.4) is 0 Å². The molecular formula is C21H32N4O. The van der Waals surface area contributed by atoms with Crippen LogP contribution in [0.2, 0.25) is 0 Å². The van der Waals surface area contributed by atoms with Crippen LogP contribution in [-0.2, 0) is 4.74 Å². The van der Waals surface area contributed by atoms with E-state index in [0.29, 0.717) is 6.04 Å². The summed E-state index contributed by atoms with van der Waals surface area (Å²) >= 11 is 0. The van der Waals surface area contributed by atoms with Crippen molar-refractivity contribution in [3.05, 3.63) is 29.6 Å². The number of nitrogens with zero attached hydrogens (tertiary/aromatic N) is 3. The number of aromatic amines is 1. The van der Waals surface area contributed by atoms with Gasteiger partial charge in [-0.2, -0.15) is 0 Å². The van der Waals surface area contributed by atoms with Gasteiger partial charge >= 0.3 is 0 Å². The summed E-state index contributed by atoms with van der Waals surface area (Å²) in [7, 11) is 0. The lowest BCUT2D eigenvalue weighted by Crippen LogP contribution is -2.46. The number of benzene rings is 1. The summed E-state index contributed by atoms with van der Waals surface area (Å²) in [6.07, 6.45) is 2.46. The Balaban J connectivity index is 1.46. The molecule has 5 nitrogen and oxygen atoms in total. The van der Waals surface area contributed by atoms with E-state index in [1.165, 1.54) is 30.5 Å². The van der Waals surface area contributed by atoms with E-state index in [1.807, 2.05) is 0 Å². The lowest BCUT2D eigenvalue weighted by Gasteiger charge is -2.38. The molecule has 2 fully saturated rings. The number of nitrogens with one attached hydrogen (secondary N) is 1. The van der Waals surface area contributed by atoms with E-state index in [2.05, 4.69) is 53.8 Å². The highest BCUT2D eigenvalue weighted by molar-refractivity contribution is 5.75. The van der Waals surface area contributed by atoms with Crippen molar-refractivity contribution in [1.29, 1.82) is 0 Å². The van der Waals surface area contributed by atoms with Crippen molar-refractivity contribution in [3.8, 4) is 0 Å². The maximum absolute atomic E-state index is 5.50. The smallest absolute Gasteiger partial charge is 0.124 e. The molecule has 0 aliphatic carbocycles. The predicted octanol–water partition coefficient (Wildman–Crippen LogP) is 3.37. The van der Waals surface area contributed by atoms with Crippen LogP contribution in [0.4, 0.5) is 0 Å². The fourth-order valence-electron chi connectivity index (χ4n) is 4.59. The Labute approximate surface area is 156 Å². The highest BCUT2D eigenvalue weighted by atomic mass is 16.5. The molecule has 0 bridgehead atoms. The van der Waals surface area contributed by atoms with Crippen LogP contribution >= 0.6 is 0 Å². The van der Waals surface area contributed by atoms with E-state index >= 15 is 0 Å². The van der Waals surface area contributed by atoms with Crippen LogP contribution in [0.5, 0.6) is 0 Å². The molecule has 1 N–H and O–H groups in total. The first-order valence-corrected chi connectivity index (χ1v) is 10.0. The number of rotatable bonds is 5. The average molecular weight is 357 g/mol. The minimum atomic E-state index is 0.266. The highest BCUT2D eigenvalue weighted by Gasteiger charge is 2.33. The Morgan fingerprint density at radius 3 is 2.81 bits per heavy atom. The quantitative estimate of drug-likeness (QED) is 0.892. The van der Waals surface area contributed by atoms with Gasteiger partial charge in [0.05, 0.1) is 30.3 Å². The summed E-state index contributed by atoms with van der Waals surface area (Å²) in [4.78, 5) is 13.7. The molecule has 142 valence electrons. The Morgan fingerprint density at radius 2 is 2.00 bits per heavy atom. The fourth-order valence-corrected chi connectivity index (χ4v) is 4.59. The molecule has 0 spiro atoms. The van der Waals surface area contributed by atoms with Gasteiger partial charge in [-0.1, -0.05) is 19.9 Å². The normalized spacial score (nSPS) is 23.1. The molecule has 2 aliphatic heterocycles. The van der Waals surface area contributed by atoms with Crippen molar-refractivity contribution in [2.45, 2.75) is 39.7 Å². The summed E-state index contributed by atoms with van der Waals surface area (Å²) in [6, 6.07) is 6.90. The van der Waals surface area contributed by atoms with Crippen molar-refractivity contribution in [1.82, 2.24) is 19.8 Å². The Bertz CT molecular complexity index is 748. The molecule has 26 heavy (non-hydrogen) atoms. The first kappa shape index (κ1) is 18.0. The number of hydrogen-bond donors (Lipinski definition) is 1. The summed E-state index contributed by atoms with van der Waals surface area (Å²) in [5, 5.41) is 0. The molecule has 5 heteroatoms. The number of hydrogen-bond acceptors (Lipinski definition) is 4. The van der Waals surface area contributed by atoms with Crippen LogP contribution < -0.4 is 0 Å². The topological polar surface area (TPSA) is 44.4 Å². The van der Waals surface area contributed by atoms with Crippen molar-refractivity contribution < 1.29 is 4.74 Å². The molecule has 0 radical (unpaired) electrons. The second-order valence-corrected chi connectivity index (χ2v) is 8.82. The lowest BCUT2D eigenvalue weighted by atomic mass is 9.91. The monoisotopic (exact) mass is 356 g/mol. The van der Waals surface area contributed by atoms with E-state index in [9.17, 15) is 0 Å². The van der Waals surface area contributed by atoms with E-state index in [4.69, 9.17) is 9.72 Å². The van der Waals surface area contributed by atoms with Crippen LogP contribution in [0.1, 0.15) is 44.1 Å². The van der Waals surface area contributed by atoms with E-state index in [1.54, 1.807) is 0 Å². The van der Waals surface area contributed by atoms with Gasteiger partial charge in [0.15, 0.2) is 0 Å². The SMILES string of the molecule is Cc1ccc2nc([C@H]3CCCN3CC(C)(C)CN3CCOCC3)[nH]c2c1. The number of imidazole rings is 1. The van der Waals surface area contributed by atoms with Crippen molar-refractivity contribution >= 4 is 11.0 Å². The lowest BCUT2D eigenvalue weighted by molar-refractivity contribution is 0.0139. The molecular weight excluding hydrogens is 324 g/mol. The maximum atomic E-state index is 5.50. The highest BCUT2D eigenvalue weighted by Crippen LogP contribution is 2.34. The van der Waals surface area contributed by atoms with Crippen LogP contribution in [0.15, 0.2) is 18.2 Å². The van der Waals surface area contributed by atoms with Gasteiger partial charge in [0, 0.05) is 26.2 Å². The zero-order valence-corrected chi connectivity index (χ0v) is 16.4. The third-order valence-electron chi connectivity index (χ3n) is 5.72. The number of morpholine rings is 1. The Hall–Kier alpha value is -1.43.